The maximum Gasteiger partial charge on any atom is 0.188 e. The summed E-state index contributed by atoms with van der Waals surface area (Å²) < 4.78 is 0. The minimum Gasteiger partial charge on any atom is -0.398 e. The first-order chi connectivity index (χ1) is 7.68. The van der Waals surface area contributed by atoms with Gasteiger partial charge in [-0.2, -0.15) is 0 Å². The molecule has 2 N–H and O–H groups in total. The molecule has 2 rings (SSSR count). The van der Waals surface area contributed by atoms with E-state index in [0.29, 0.717) is 5.69 Å². The molecular weight excluding hydrogens is 198 g/mol. The van der Waals surface area contributed by atoms with E-state index in [9.17, 15) is 4.79 Å². The average Bonchev–Trinajstić information content (AvgIpc) is 2.33. The number of carbonyl (C=O) groups is 1. The van der Waals surface area contributed by atoms with Crippen LogP contribution in [0.15, 0.2) is 29.8 Å². The van der Waals surface area contributed by atoms with Gasteiger partial charge < -0.3 is 5.73 Å². The van der Waals surface area contributed by atoms with Crippen LogP contribution in [0.1, 0.15) is 41.6 Å². The number of aryl methyl sites for hydroxylation is 1. The third-order valence-corrected chi connectivity index (χ3v) is 3.12. The number of nitrogen functional groups attached to an aromatic ring is 1. The number of Topliss-reactive ketones (excluding diaryl/α,β-unsaturated/α-hetero) is 1. The highest BCUT2D eigenvalue weighted by atomic mass is 16.1. The van der Waals surface area contributed by atoms with Crippen LogP contribution in [0.3, 0.4) is 0 Å². The summed E-state index contributed by atoms with van der Waals surface area (Å²) in [5.41, 5.74) is 9.21. The molecule has 0 aliphatic heterocycles. The van der Waals surface area contributed by atoms with Crippen LogP contribution >= 0.6 is 0 Å². The van der Waals surface area contributed by atoms with Crippen molar-refractivity contribution in [3.8, 4) is 0 Å². The predicted molar refractivity (Wildman–Crippen MR) is 66.5 cm³/mol. The molecule has 1 aromatic rings. The second-order valence-electron chi connectivity index (χ2n) is 4.38. The van der Waals surface area contributed by atoms with E-state index in [1.807, 2.05) is 19.1 Å². The Morgan fingerprint density at radius 1 is 1.31 bits per heavy atom. The highest BCUT2D eigenvalue weighted by Gasteiger charge is 2.14. The van der Waals surface area contributed by atoms with Gasteiger partial charge in [0, 0.05) is 11.3 Å². The number of carbonyl (C=O) groups excluding carboxylic acids is 1. The molecule has 2 nitrogen and oxygen atoms in total. The molecule has 1 aliphatic carbocycles. The molecule has 1 aromatic carbocycles. The van der Waals surface area contributed by atoms with Crippen molar-refractivity contribution in [3.05, 3.63) is 41.0 Å². The Balaban J connectivity index is 2.26. The molecule has 0 fully saturated rings. The molecule has 0 bridgehead atoms. The van der Waals surface area contributed by atoms with Gasteiger partial charge in [0.25, 0.3) is 0 Å². The van der Waals surface area contributed by atoms with Gasteiger partial charge in [0.15, 0.2) is 5.78 Å². The zero-order valence-electron chi connectivity index (χ0n) is 9.62. The van der Waals surface area contributed by atoms with Crippen LogP contribution in [0.4, 0.5) is 5.69 Å². The lowest BCUT2D eigenvalue weighted by Crippen LogP contribution is -2.07. The molecule has 84 valence electrons. The summed E-state index contributed by atoms with van der Waals surface area (Å²) in [5.74, 6) is 0.145. The molecule has 0 aromatic heterocycles. The highest BCUT2D eigenvalue weighted by Crippen LogP contribution is 2.22. The normalized spacial score (nSPS) is 15.7. The largest absolute Gasteiger partial charge is 0.398 e. The molecule has 0 amide bonds. The van der Waals surface area contributed by atoms with Crippen molar-refractivity contribution in [3.63, 3.8) is 0 Å². The number of ketones is 1. The van der Waals surface area contributed by atoms with Crippen molar-refractivity contribution in [1.82, 2.24) is 0 Å². The van der Waals surface area contributed by atoms with Crippen molar-refractivity contribution in [2.75, 3.05) is 5.73 Å². The van der Waals surface area contributed by atoms with Crippen LogP contribution in [0.2, 0.25) is 0 Å². The maximum atomic E-state index is 12.1. The summed E-state index contributed by atoms with van der Waals surface area (Å²) in [6, 6.07) is 5.56. The molecule has 2 heteroatoms. The summed E-state index contributed by atoms with van der Waals surface area (Å²) in [6.07, 6.45) is 6.34. The number of anilines is 1. The van der Waals surface area contributed by atoms with Crippen molar-refractivity contribution in [1.29, 1.82) is 0 Å². The zero-order valence-corrected chi connectivity index (χ0v) is 9.62. The van der Waals surface area contributed by atoms with E-state index in [2.05, 4.69) is 6.08 Å². The Labute approximate surface area is 96.2 Å². The van der Waals surface area contributed by atoms with Crippen LogP contribution in [0.25, 0.3) is 0 Å². The lowest BCUT2D eigenvalue weighted by atomic mass is 9.92. The van der Waals surface area contributed by atoms with Crippen LogP contribution in [0, 0.1) is 6.92 Å². The first kappa shape index (κ1) is 10.9. The summed E-state index contributed by atoms with van der Waals surface area (Å²) >= 11 is 0. The number of nitrogens with two attached hydrogens (primary N) is 1. The monoisotopic (exact) mass is 215 g/mol. The molecule has 0 spiro atoms. The summed E-state index contributed by atoms with van der Waals surface area (Å²) in [5, 5.41) is 0. The van der Waals surface area contributed by atoms with Crippen molar-refractivity contribution in [2.45, 2.75) is 32.6 Å². The van der Waals surface area contributed by atoms with E-state index < -0.39 is 0 Å². The summed E-state index contributed by atoms with van der Waals surface area (Å²) in [7, 11) is 0. The fourth-order valence-corrected chi connectivity index (χ4v) is 2.01. The van der Waals surface area contributed by atoms with Gasteiger partial charge in [0.1, 0.15) is 0 Å². The van der Waals surface area contributed by atoms with Gasteiger partial charge in [-0.05, 0) is 49.8 Å². The maximum absolute atomic E-state index is 12.1. The number of allylic oxidation sites excluding steroid dienone is 2. The lowest BCUT2D eigenvalue weighted by Gasteiger charge is -2.12. The van der Waals surface area contributed by atoms with Gasteiger partial charge in [0.05, 0.1) is 0 Å². The molecular formula is C14H17NO. The highest BCUT2D eigenvalue weighted by molar-refractivity contribution is 6.09. The van der Waals surface area contributed by atoms with E-state index >= 15 is 0 Å². The van der Waals surface area contributed by atoms with E-state index in [1.165, 1.54) is 6.42 Å². The van der Waals surface area contributed by atoms with E-state index in [1.54, 1.807) is 6.07 Å². The predicted octanol–water partition coefficient (Wildman–Crippen LogP) is 3.26. The molecule has 0 saturated carbocycles. The van der Waals surface area contributed by atoms with Crippen LogP contribution in [0.5, 0.6) is 0 Å². The molecule has 0 atom stereocenters. The minimum atomic E-state index is 0.145. The summed E-state index contributed by atoms with van der Waals surface area (Å²) in [4.78, 5) is 12.1. The van der Waals surface area contributed by atoms with E-state index in [-0.39, 0.29) is 5.78 Å². The third kappa shape index (κ3) is 2.16. The fraction of sp³-hybridized carbons (Fsp3) is 0.357. The van der Waals surface area contributed by atoms with Gasteiger partial charge in [0.2, 0.25) is 0 Å². The molecule has 0 saturated heterocycles. The number of rotatable bonds is 2. The van der Waals surface area contributed by atoms with Gasteiger partial charge in [-0.15, -0.1) is 0 Å². The summed E-state index contributed by atoms with van der Waals surface area (Å²) in [6.45, 7) is 1.95. The number of benzene rings is 1. The second-order valence-corrected chi connectivity index (χ2v) is 4.38. The van der Waals surface area contributed by atoms with Gasteiger partial charge >= 0.3 is 0 Å². The Bertz CT molecular complexity index is 446. The minimum absolute atomic E-state index is 0.145. The molecule has 0 heterocycles. The Kier molecular flexibility index (Phi) is 3.09. The van der Waals surface area contributed by atoms with E-state index in [0.717, 1.165) is 36.0 Å². The molecule has 0 unspecified atom stereocenters. The Hall–Kier alpha value is -1.57. The van der Waals surface area contributed by atoms with E-state index in [4.69, 9.17) is 5.73 Å². The van der Waals surface area contributed by atoms with Gasteiger partial charge in [-0.3, -0.25) is 4.79 Å². The zero-order chi connectivity index (χ0) is 11.5. The number of hydrogen-bond donors (Lipinski definition) is 1. The van der Waals surface area contributed by atoms with Crippen molar-refractivity contribution in [2.24, 2.45) is 0 Å². The molecule has 16 heavy (non-hydrogen) atoms. The number of hydrogen-bond acceptors (Lipinski definition) is 2. The smallest absolute Gasteiger partial charge is 0.188 e. The lowest BCUT2D eigenvalue weighted by molar-refractivity contribution is 0.102. The van der Waals surface area contributed by atoms with Gasteiger partial charge in [-0.25, -0.2) is 0 Å². The molecule has 1 aliphatic rings. The third-order valence-electron chi connectivity index (χ3n) is 3.12. The standard InChI is InChI=1S/C14H17NO/c1-10-7-8-12(9-13(10)15)14(16)11-5-3-2-4-6-11/h5,7-9H,2-4,6,15H2,1H3. The van der Waals surface area contributed by atoms with Gasteiger partial charge in [-0.1, -0.05) is 18.2 Å². The fourth-order valence-electron chi connectivity index (χ4n) is 2.01. The topological polar surface area (TPSA) is 43.1 Å². The first-order valence-electron chi connectivity index (χ1n) is 5.78. The Morgan fingerprint density at radius 3 is 2.75 bits per heavy atom. The van der Waals surface area contributed by atoms with Crippen LogP contribution in [-0.2, 0) is 0 Å². The molecule has 0 radical (unpaired) electrons. The first-order valence-corrected chi connectivity index (χ1v) is 5.78. The Morgan fingerprint density at radius 2 is 2.12 bits per heavy atom. The van der Waals surface area contributed by atoms with Crippen molar-refractivity contribution >= 4 is 11.5 Å². The second kappa shape index (κ2) is 4.52. The quantitative estimate of drug-likeness (QED) is 0.607. The van der Waals surface area contributed by atoms with Crippen LogP contribution < -0.4 is 5.73 Å². The SMILES string of the molecule is Cc1ccc(C(=O)C2=CCCCC2)cc1N. The van der Waals surface area contributed by atoms with Crippen LogP contribution in [-0.4, -0.2) is 5.78 Å². The van der Waals surface area contributed by atoms with Crippen molar-refractivity contribution < 1.29 is 4.79 Å². The average molecular weight is 215 g/mol.